The Morgan fingerprint density at radius 3 is 2.20 bits per heavy atom. The molecule has 1 aliphatic carbocycles. The van der Waals surface area contributed by atoms with Crippen molar-refractivity contribution in [3.63, 3.8) is 0 Å². The second kappa shape index (κ2) is 4.52. The second-order valence-corrected chi connectivity index (χ2v) is 5.62. The zero-order valence-electron chi connectivity index (χ0n) is 10.2. The van der Waals surface area contributed by atoms with Gasteiger partial charge in [0, 0.05) is 12.0 Å². The summed E-state index contributed by atoms with van der Waals surface area (Å²) in [5.74, 6) is -0.185. The van der Waals surface area contributed by atoms with Crippen LogP contribution in [0.1, 0.15) is 52.9 Å². The van der Waals surface area contributed by atoms with Gasteiger partial charge in [0.2, 0.25) is 5.91 Å². The Balaban J connectivity index is 2.64. The van der Waals surface area contributed by atoms with E-state index in [-0.39, 0.29) is 11.4 Å². The summed E-state index contributed by atoms with van der Waals surface area (Å²) in [6, 6.07) is 0. The fraction of sp³-hybridized carbons (Fsp3) is 0.917. The van der Waals surface area contributed by atoms with Crippen molar-refractivity contribution >= 4 is 5.91 Å². The van der Waals surface area contributed by atoms with Crippen LogP contribution in [0.4, 0.5) is 0 Å². The largest absolute Gasteiger partial charge is 0.370 e. The third kappa shape index (κ3) is 3.49. The molecule has 0 aromatic rings. The number of carbonyl (C=O) groups excluding carboxylic acids is 1. The SMILES string of the molecule is CCNC1(CC(N)=O)CCC(C)(C)CC1. The lowest BCUT2D eigenvalue weighted by molar-refractivity contribution is -0.120. The monoisotopic (exact) mass is 212 g/mol. The molecule has 3 heteroatoms. The summed E-state index contributed by atoms with van der Waals surface area (Å²) in [6.45, 7) is 7.59. The topological polar surface area (TPSA) is 55.1 Å². The Morgan fingerprint density at radius 1 is 1.27 bits per heavy atom. The Bertz CT molecular complexity index is 226. The van der Waals surface area contributed by atoms with Crippen LogP contribution in [-0.2, 0) is 4.79 Å². The molecular formula is C12H24N2O. The number of rotatable bonds is 4. The first-order chi connectivity index (χ1) is 6.89. The molecule has 0 aromatic heterocycles. The van der Waals surface area contributed by atoms with Crippen LogP contribution in [0, 0.1) is 5.41 Å². The lowest BCUT2D eigenvalue weighted by Gasteiger charge is -2.43. The Labute approximate surface area is 92.8 Å². The predicted octanol–water partition coefficient (Wildman–Crippen LogP) is 1.81. The van der Waals surface area contributed by atoms with Gasteiger partial charge in [0.25, 0.3) is 0 Å². The lowest BCUT2D eigenvalue weighted by Crippen LogP contribution is -2.51. The van der Waals surface area contributed by atoms with Gasteiger partial charge >= 0.3 is 0 Å². The van der Waals surface area contributed by atoms with Crippen LogP contribution in [-0.4, -0.2) is 18.0 Å². The maximum Gasteiger partial charge on any atom is 0.219 e. The second-order valence-electron chi connectivity index (χ2n) is 5.62. The van der Waals surface area contributed by atoms with Gasteiger partial charge in [-0.05, 0) is 37.6 Å². The van der Waals surface area contributed by atoms with Crippen LogP contribution in [0.25, 0.3) is 0 Å². The summed E-state index contributed by atoms with van der Waals surface area (Å²) in [7, 11) is 0. The standard InChI is InChI=1S/C12H24N2O/c1-4-14-12(9-10(13)15)7-5-11(2,3)6-8-12/h14H,4-9H2,1-3H3,(H2,13,15). The average Bonchev–Trinajstić information content (AvgIpc) is 2.10. The molecule has 0 radical (unpaired) electrons. The molecule has 1 rings (SSSR count). The van der Waals surface area contributed by atoms with Crippen LogP contribution in [0.2, 0.25) is 0 Å². The highest BCUT2D eigenvalue weighted by molar-refractivity contribution is 5.75. The van der Waals surface area contributed by atoms with Gasteiger partial charge in [-0.1, -0.05) is 20.8 Å². The van der Waals surface area contributed by atoms with Crippen molar-refractivity contribution in [2.75, 3.05) is 6.54 Å². The predicted molar refractivity (Wildman–Crippen MR) is 62.5 cm³/mol. The third-order valence-corrected chi connectivity index (χ3v) is 3.63. The number of nitrogens with two attached hydrogens (primary N) is 1. The first-order valence-corrected chi connectivity index (χ1v) is 5.92. The molecule has 0 spiro atoms. The molecule has 3 N–H and O–H groups in total. The van der Waals surface area contributed by atoms with Crippen molar-refractivity contribution < 1.29 is 4.79 Å². The quantitative estimate of drug-likeness (QED) is 0.746. The Kier molecular flexibility index (Phi) is 3.77. The molecule has 15 heavy (non-hydrogen) atoms. The number of amides is 1. The minimum atomic E-state index is -0.185. The Hall–Kier alpha value is -0.570. The molecule has 1 amide bonds. The lowest BCUT2D eigenvalue weighted by atomic mass is 9.68. The number of hydrogen-bond donors (Lipinski definition) is 2. The van der Waals surface area contributed by atoms with E-state index in [2.05, 4.69) is 26.1 Å². The van der Waals surface area contributed by atoms with Crippen molar-refractivity contribution in [2.45, 2.75) is 58.4 Å². The third-order valence-electron chi connectivity index (χ3n) is 3.63. The average molecular weight is 212 g/mol. The highest BCUT2D eigenvalue weighted by atomic mass is 16.1. The molecule has 3 nitrogen and oxygen atoms in total. The van der Waals surface area contributed by atoms with E-state index in [1.165, 1.54) is 12.8 Å². The van der Waals surface area contributed by atoms with Gasteiger partial charge in [-0.25, -0.2) is 0 Å². The molecule has 0 saturated heterocycles. The van der Waals surface area contributed by atoms with Gasteiger partial charge in [0.1, 0.15) is 0 Å². The fourth-order valence-electron chi connectivity index (χ4n) is 2.53. The molecule has 1 saturated carbocycles. The summed E-state index contributed by atoms with van der Waals surface area (Å²) in [4.78, 5) is 11.1. The van der Waals surface area contributed by atoms with Crippen LogP contribution in [0.3, 0.4) is 0 Å². The van der Waals surface area contributed by atoms with Crippen molar-refractivity contribution in [1.82, 2.24) is 5.32 Å². The van der Waals surface area contributed by atoms with Crippen LogP contribution < -0.4 is 11.1 Å². The van der Waals surface area contributed by atoms with E-state index >= 15 is 0 Å². The normalized spacial score (nSPS) is 23.7. The van der Waals surface area contributed by atoms with Crippen molar-refractivity contribution in [1.29, 1.82) is 0 Å². The molecule has 0 bridgehead atoms. The molecule has 1 fully saturated rings. The number of primary amides is 1. The van der Waals surface area contributed by atoms with Gasteiger partial charge < -0.3 is 11.1 Å². The van der Waals surface area contributed by atoms with E-state index in [1.54, 1.807) is 0 Å². The molecule has 0 atom stereocenters. The molecular weight excluding hydrogens is 188 g/mol. The molecule has 0 aromatic carbocycles. The molecule has 88 valence electrons. The minimum absolute atomic E-state index is 0.0178. The van der Waals surface area contributed by atoms with E-state index in [1.807, 2.05) is 0 Å². The van der Waals surface area contributed by atoms with E-state index in [4.69, 9.17) is 5.73 Å². The van der Waals surface area contributed by atoms with Gasteiger partial charge in [0.05, 0.1) is 0 Å². The first kappa shape index (κ1) is 12.5. The van der Waals surface area contributed by atoms with E-state index < -0.39 is 0 Å². The van der Waals surface area contributed by atoms with E-state index in [0.717, 1.165) is 19.4 Å². The van der Waals surface area contributed by atoms with Gasteiger partial charge in [-0.2, -0.15) is 0 Å². The van der Waals surface area contributed by atoms with Crippen molar-refractivity contribution in [2.24, 2.45) is 11.1 Å². The van der Waals surface area contributed by atoms with Crippen molar-refractivity contribution in [3.05, 3.63) is 0 Å². The maximum absolute atomic E-state index is 11.1. The van der Waals surface area contributed by atoms with Gasteiger partial charge in [-0.3, -0.25) is 4.79 Å². The first-order valence-electron chi connectivity index (χ1n) is 5.92. The summed E-state index contributed by atoms with van der Waals surface area (Å²) in [5.41, 5.74) is 5.74. The zero-order valence-corrected chi connectivity index (χ0v) is 10.2. The molecule has 0 unspecified atom stereocenters. The molecule has 0 heterocycles. The highest BCUT2D eigenvalue weighted by Gasteiger charge is 2.38. The van der Waals surface area contributed by atoms with Crippen LogP contribution in [0.5, 0.6) is 0 Å². The highest BCUT2D eigenvalue weighted by Crippen LogP contribution is 2.41. The van der Waals surface area contributed by atoms with Crippen LogP contribution in [0.15, 0.2) is 0 Å². The summed E-state index contributed by atoms with van der Waals surface area (Å²) >= 11 is 0. The van der Waals surface area contributed by atoms with E-state index in [9.17, 15) is 4.79 Å². The smallest absolute Gasteiger partial charge is 0.219 e. The van der Waals surface area contributed by atoms with Crippen molar-refractivity contribution in [3.8, 4) is 0 Å². The number of carbonyl (C=O) groups is 1. The molecule has 1 aliphatic rings. The van der Waals surface area contributed by atoms with E-state index in [0.29, 0.717) is 11.8 Å². The van der Waals surface area contributed by atoms with Gasteiger partial charge in [0.15, 0.2) is 0 Å². The Morgan fingerprint density at radius 2 is 1.80 bits per heavy atom. The maximum atomic E-state index is 11.1. The van der Waals surface area contributed by atoms with Gasteiger partial charge in [-0.15, -0.1) is 0 Å². The summed E-state index contributed by atoms with van der Waals surface area (Å²) in [5, 5.41) is 3.47. The summed E-state index contributed by atoms with van der Waals surface area (Å²) < 4.78 is 0. The van der Waals surface area contributed by atoms with Crippen LogP contribution >= 0.6 is 0 Å². The summed E-state index contributed by atoms with van der Waals surface area (Å²) in [6.07, 6.45) is 4.96. The number of nitrogens with one attached hydrogen (secondary N) is 1. The fourth-order valence-corrected chi connectivity index (χ4v) is 2.53. The number of hydrogen-bond acceptors (Lipinski definition) is 2. The molecule has 0 aliphatic heterocycles. The minimum Gasteiger partial charge on any atom is -0.370 e. The zero-order chi connectivity index (χ0) is 11.5.